The number of thiophene rings is 2. The molecule has 0 saturated heterocycles. The first-order valence-corrected chi connectivity index (χ1v) is 9.42. The number of nitrogens with zero attached hydrogens (tertiary/aromatic N) is 1. The van der Waals surface area contributed by atoms with Gasteiger partial charge in [-0.3, -0.25) is 14.5 Å². The molecule has 1 atom stereocenters. The van der Waals surface area contributed by atoms with Gasteiger partial charge in [0.05, 0.1) is 9.75 Å². The molecule has 1 N–H and O–H groups in total. The average Bonchev–Trinajstić information content (AvgIpc) is 3.20. The van der Waals surface area contributed by atoms with Crippen LogP contribution in [-0.4, -0.2) is 35.7 Å². The molecular weight excluding hydrogens is 328 g/mol. The minimum Gasteiger partial charge on any atom is -0.350 e. The van der Waals surface area contributed by atoms with Crippen LogP contribution in [0, 0.1) is 0 Å². The van der Waals surface area contributed by atoms with Crippen LogP contribution < -0.4 is 5.32 Å². The topological polar surface area (TPSA) is 49.4 Å². The van der Waals surface area contributed by atoms with Gasteiger partial charge in [-0.2, -0.15) is 0 Å². The first kappa shape index (κ1) is 16.4. The lowest BCUT2D eigenvalue weighted by Crippen LogP contribution is -2.44. The number of hydrogen-bond acceptors (Lipinski definition) is 5. The van der Waals surface area contributed by atoms with Gasteiger partial charge in [0.2, 0.25) is 0 Å². The Morgan fingerprint density at radius 1 is 1.30 bits per heavy atom. The fourth-order valence-electron chi connectivity index (χ4n) is 2.75. The van der Waals surface area contributed by atoms with Gasteiger partial charge in [-0.05, 0) is 49.4 Å². The molecule has 1 aliphatic heterocycles. The monoisotopic (exact) mass is 348 g/mol. The molecule has 2 aromatic rings. The number of ketones is 1. The van der Waals surface area contributed by atoms with Gasteiger partial charge in [-0.25, -0.2) is 0 Å². The summed E-state index contributed by atoms with van der Waals surface area (Å²) in [5, 5.41) is 5.14. The minimum atomic E-state index is -0.0948. The number of carbonyl (C=O) groups excluding carboxylic acids is 2. The lowest BCUT2D eigenvalue weighted by Gasteiger charge is -2.32. The van der Waals surface area contributed by atoms with Crippen LogP contribution in [-0.2, 0) is 13.0 Å². The van der Waals surface area contributed by atoms with Gasteiger partial charge in [0.15, 0.2) is 5.78 Å². The van der Waals surface area contributed by atoms with Gasteiger partial charge in [0.1, 0.15) is 0 Å². The van der Waals surface area contributed by atoms with Crippen molar-refractivity contribution in [3.63, 3.8) is 0 Å². The van der Waals surface area contributed by atoms with E-state index in [0.717, 1.165) is 19.5 Å². The molecule has 1 aliphatic rings. The van der Waals surface area contributed by atoms with Crippen LogP contribution in [0.1, 0.15) is 43.6 Å². The van der Waals surface area contributed by atoms with Gasteiger partial charge in [0, 0.05) is 30.6 Å². The molecule has 0 saturated carbocycles. The van der Waals surface area contributed by atoms with E-state index < -0.39 is 0 Å². The summed E-state index contributed by atoms with van der Waals surface area (Å²) in [7, 11) is 0. The summed E-state index contributed by atoms with van der Waals surface area (Å²) in [6.45, 7) is 6.28. The number of hydrogen-bond donors (Lipinski definition) is 1. The first-order valence-electron chi connectivity index (χ1n) is 7.73. The third-order valence-electron chi connectivity index (χ3n) is 4.20. The van der Waals surface area contributed by atoms with Crippen LogP contribution in [0.3, 0.4) is 0 Å². The maximum absolute atomic E-state index is 12.2. The summed E-state index contributed by atoms with van der Waals surface area (Å²) in [6, 6.07) is 5.93. The Morgan fingerprint density at radius 3 is 2.83 bits per heavy atom. The van der Waals surface area contributed by atoms with Crippen LogP contribution in [0.5, 0.6) is 0 Å². The van der Waals surface area contributed by atoms with Gasteiger partial charge in [0.25, 0.3) is 5.91 Å². The van der Waals surface area contributed by atoms with E-state index in [1.807, 2.05) is 11.3 Å². The highest BCUT2D eigenvalue weighted by Gasteiger charge is 2.22. The minimum absolute atomic E-state index is 0.00213. The zero-order valence-electron chi connectivity index (χ0n) is 13.3. The highest BCUT2D eigenvalue weighted by atomic mass is 32.1. The van der Waals surface area contributed by atoms with Crippen LogP contribution in [0.25, 0.3) is 0 Å². The van der Waals surface area contributed by atoms with E-state index in [1.54, 1.807) is 12.1 Å². The molecule has 0 aromatic carbocycles. The SMILES string of the molecule is CC(=O)c1ccc(C(=O)NCC(C)N2CCc3sccc3C2)s1. The Kier molecular flexibility index (Phi) is 4.94. The molecule has 1 amide bonds. The largest absolute Gasteiger partial charge is 0.350 e. The summed E-state index contributed by atoms with van der Waals surface area (Å²) in [4.78, 5) is 28.6. The fraction of sp³-hybridized carbons (Fsp3) is 0.412. The van der Waals surface area contributed by atoms with E-state index in [1.165, 1.54) is 28.7 Å². The van der Waals surface area contributed by atoms with Crippen molar-refractivity contribution >= 4 is 34.4 Å². The number of Topliss-reactive ketones (excluding diaryl/α,β-unsaturated/α-hetero) is 1. The summed E-state index contributed by atoms with van der Waals surface area (Å²) >= 11 is 3.09. The highest BCUT2D eigenvalue weighted by Crippen LogP contribution is 2.25. The fourth-order valence-corrected chi connectivity index (χ4v) is 4.46. The van der Waals surface area contributed by atoms with Crippen molar-refractivity contribution in [2.75, 3.05) is 13.1 Å². The average molecular weight is 348 g/mol. The molecule has 3 rings (SSSR count). The van der Waals surface area contributed by atoms with Crippen molar-refractivity contribution < 1.29 is 9.59 Å². The van der Waals surface area contributed by atoms with Crippen LogP contribution in [0.15, 0.2) is 23.6 Å². The van der Waals surface area contributed by atoms with Crippen molar-refractivity contribution in [1.82, 2.24) is 10.2 Å². The maximum atomic E-state index is 12.2. The van der Waals surface area contributed by atoms with Gasteiger partial charge < -0.3 is 5.32 Å². The molecule has 2 aromatic heterocycles. The van der Waals surface area contributed by atoms with Crippen molar-refractivity contribution in [2.24, 2.45) is 0 Å². The van der Waals surface area contributed by atoms with E-state index in [9.17, 15) is 9.59 Å². The summed E-state index contributed by atoms with van der Waals surface area (Å²) in [5.74, 6) is -0.0927. The van der Waals surface area contributed by atoms with Crippen molar-refractivity contribution in [3.05, 3.63) is 43.8 Å². The zero-order chi connectivity index (χ0) is 16.4. The molecular formula is C17H20N2O2S2. The Balaban J connectivity index is 1.53. The Hall–Kier alpha value is -1.50. The molecule has 4 nitrogen and oxygen atoms in total. The maximum Gasteiger partial charge on any atom is 0.261 e. The highest BCUT2D eigenvalue weighted by molar-refractivity contribution is 7.16. The standard InChI is InChI=1S/C17H20N2O2S2/c1-11(19-7-5-15-13(10-19)6-8-22-15)9-18-17(21)16-4-3-14(23-16)12(2)20/h3-4,6,8,11H,5,7,9-10H2,1-2H3,(H,18,21). The Morgan fingerprint density at radius 2 is 2.09 bits per heavy atom. The zero-order valence-corrected chi connectivity index (χ0v) is 14.9. The van der Waals surface area contributed by atoms with E-state index in [-0.39, 0.29) is 11.7 Å². The second kappa shape index (κ2) is 6.95. The predicted molar refractivity (Wildman–Crippen MR) is 94.6 cm³/mol. The normalized spacial score (nSPS) is 15.9. The van der Waals surface area contributed by atoms with Crippen molar-refractivity contribution in [2.45, 2.75) is 32.9 Å². The molecule has 0 bridgehead atoms. The lowest BCUT2D eigenvalue weighted by atomic mass is 10.1. The molecule has 122 valence electrons. The van der Waals surface area contributed by atoms with Crippen LogP contribution in [0.4, 0.5) is 0 Å². The van der Waals surface area contributed by atoms with Gasteiger partial charge >= 0.3 is 0 Å². The smallest absolute Gasteiger partial charge is 0.261 e. The van der Waals surface area contributed by atoms with Gasteiger partial charge in [-0.1, -0.05) is 0 Å². The molecule has 0 aliphatic carbocycles. The Labute approximate surface area is 144 Å². The number of rotatable bonds is 5. The molecule has 3 heterocycles. The molecule has 0 fully saturated rings. The molecule has 1 unspecified atom stereocenters. The summed E-state index contributed by atoms with van der Waals surface area (Å²) < 4.78 is 0. The van der Waals surface area contributed by atoms with Gasteiger partial charge in [-0.15, -0.1) is 22.7 Å². The van der Waals surface area contributed by atoms with Crippen molar-refractivity contribution in [1.29, 1.82) is 0 Å². The van der Waals surface area contributed by atoms with Crippen LogP contribution in [0.2, 0.25) is 0 Å². The van der Waals surface area contributed by atoms with E-state index in [4.69, 9.17) is 0 Å². The molecule has 0 spiro atoms. The third kappa shape index (κ3) is 3.71. The third-order valence-corrected chi connectivity index (χ3v) is 6.40. The van der Waals surface area contributed by atoms with E-state index >= 15 is 0 Å². The molecule has 23 heavy (non-hydrogen) atoms. The van der Waals surface area contributed by atoms with E-state index in [2.05, 4.69) is 28.6 Å². The number of fused-ring (bicyclic) bond motifs is 1. The predicted octanol–water partition coefficient (Wildman–Crippen LogP) is 3.19. The summed E-state index contributed by atoms with van der Waals surface area (Å²) in [6.07, 6.45) is 1.10. The number of carbonyl (C=O) groups is 2. The van der Waals surface area contributed by atoms with Crippen molar-refractivity contribution in [3.8, 4) is 0 Å². The number of nitrogens with one attached hydrogen (secondary N) is 1. The quantitative estimate of drug-likeness (QED) is 0.844. The first-order chi connectivity index (χ1) is 11.0. The second-order valence-electron chi connectivity index (χ2n) is 5.87. The lowest BCUT2D eigenvalue weighted by molar-refractivity contribution is 0.0936. The molecule has 0 radical (unpaired) electrons. The van der Waals surface area contributed by atoms with E-state index in [0.29, 0.717) is 22.3 Å². The van der Waals surface area contributed by atoms with Crippen LogP contribution >= 0.6 is 22.7 Å². The number of amides is 1. The summed E-state index contributed by atoms with van der Waals surface area (Å²) in [5.41, 5.74) is 1.42. The second-order valence-corrected chi connectivity index (χ2v) is 7.95. The Bertz CT molecular complexity index is 720. The molecule has 6 heteroatoms.